The van der Waals surface area contributed by atoms with Gasteiger partial charge in [-0.25, -0.2) is 22.2 Å². The zero-order valence-electron chi connectivity index (χ0n) is 11.5. The lowest BCUT2D eigenvalue weighted by atomic mass is 10.1. The van der Waals surface area contributed by atoms with E-state index in [-0.39, 0.29) is 5.56 Å². The molecular formula is C14H14F2N2O2S. The largest absolute Gasteiger partial charge is 0.263 e. The predicted molar refractivity (Wildman–Crippen MR) is 74.0 cm³/mol. The van der Waals surface area contributed by atoms with E-state index in [4.69, 9.17) is 0 Å². The summed E-state index contributed by atoms with van der Waals surface area (Å²) in [5.74, 6) is -1.46. The van der Waals surface area contributed by atoms with Crippen LogP contribution in [0.4, 0.5) is 8.78 Å². The Labute approximate surface area is 122 Å². The van der Waals surface area contributed by atoms with E-state index in [1.54, 1.807) is 6.07 Å². The molecule has 2 rings (SSSR count). The smallest absolute Gasteiger partial charge is 0.241 e. The maximum atomic E-state index is 13.8. The summed E-state index contributed by atoms with van der Waals surface area (Å²) in [6, 6.07) is 7.37. The lowest BCUT2D eigenvalue weighted by Gasteiger charge is -2.24. The normalized spacial score (nSPS) is 13.4. The van der Waals surface area contributed by atoms with Crippen LogP contribution >= 0.6 is 0 Å². The predicted octanol–water partition coefficient (Wildman–Crippen LogP) is 2.74. The Morgan fingerprint density at radius 2 is 1.71 bits per heavy atom. The minimum absolute atomic E-state index is 0.208. The van der Waals surface area contributed by atoms with Crippen molar-refractivity contribution in [3.63, 3.8) is 0 Å². The fourth-order valence-electron chi connectivity index (χ4n) is 1.92. The lowest BCUT2D eigenvalue weighted by molar-refractivity contribution is 0.382. The molecule has 0 saturated carbocycles. The van der Waals surface area contributed by atoms with Crippen LogP contribution in [0.3, 0.4) is 0 Å². The number of aromatic nitrogens is 1. The van der Waals surface area contributed by atoms with Crippen molar-refractivity contribution in [1.29, 1.82) is 0 Å². The summed E-state index contributed by atoms with van der Waals surface area (Å²) >= 11 is 0. The van der Waals surface area contributed by atoms with Crippen LogP contribution in [-0.4, -0.2) is 24.8 Å². The highest BCUT2D eigenvalue weighted by Gasteiger charge is 2.30. The average molecular weight is 312 g/mol. The molecule has 1 aromatic heterocycles. The van der Waals surface area contributed by atoms with Crippen LogP contribution in [0.25, 0.3) is 0 Å². The summed E-state index contributed by atoms with van der Waals surface area (Å²) in [7, 11) is -2.89. The average Bonchev–Trinajstić information content (AvgIpc) is 2.46. The fraction of sp³-hybridized carbons (Fsp3) is 0.214. The van der Waals surface area contributed by atoms with Gasteiger partial charge in [0.25, 0.3) is 10.0 Å². The molecule has 0 bridgehead atoms. The number of nitrogens with zero attached hydrogens (tertiary/aromatic N) is 2. The Kier molecular flexibility index (Phi) is 4.34. The van der Waals surface area contributed by atoms with Gasteiger partial charge < -0.3 is 0 Å². The van der Waals surface area contributed by atoms with Crippen molar-refractivity contribution in [3.05, 3.63) is 59.8 Å². The topological polar surface area (TPSA) is 50.3 Å². The molecule has 7 heteroatoms. The van der Waals surface area contributed by atoms with Crippen molar-refractivity contribution < 1.29 is 17.2 Å². The van der Waals surface area contributed by atoms with E-state index in [9.17, 15) is 17.2 Å². The van der Waals surface area contributed by atoms with Crippen LogP contribution in [0.15, 0.2) is 47.6 Å². The standard InChI is InChI=1S/C14H14F2N2O2S/c1-10(11-6-3-4-7-12(11)15)18(2)21(19,20)14-13(16)8-5-9-17-14/h3-10H,1-2H3. The number of hydrogen-bond acceptors (Lipinski definition) is 3. The molecule has 4 nitrogen and oxygen atoms in total. The van der Waals surface area contributed by atoms with E-state index in [2.05, 4.69) is 4.98 Å². The van der Waals surface area contributed by atoms with Crippen molar-refractivity contribution >= 4 is 10.0 Å². The van der Waals surface area contributed by atoms with Crippen molar-refractivity contribution in [2.24, 2.45) is 0 Å². The lowest BCUT2D eigenvalue weighted by Crippen LogP contribution is -2.31. The molecule has 1 heterocycles. The quantitative estimate of drug-likeness (QED) is 0.872. The van der Waals surface area contributed by atoms with Crippen molar-refractivity contribution in [3.8, 4) is 0 Å². The molecule has 0 aliphatic heterocycles. The van der Waals surface area contributed by atoms with Gasteiger partial charge in [0.2, 0.25) is 5.03 Å². The van der Waals surface area contributed by atoms with E-state index < -0.39 is 32.7 Å². The molecule has 21 heavy (non-hydrogen) atoms. The van der Waals surface area contributed by atoms with E-state index in [0.29, 0.717) is 0 Å². The Balaban J connectivity index is 2.42. The first-order chi connectivity index (χ1) is 9.85. The number of hydrogen-bond donors (Lipinski definition) is 0. The van der Waals surface area contributed by atoms with E-state index in [1.807, 2.05) is 0 Å². The molecular weight excluding hydrogens is 298 g/mol. The first-order valence-electron chi connectivity index (χ1n) is 6.18. The number of halogens is 2. The Morgan fingerprint density at radius 1 is 1.10 bits per heavy atom. The van der Waals surface area contributed by atoms with Gasteiger partial charge in [-0.1, -0.05) is 18.2 Å². The maximum absolute atomic E-state index is 13.8. The molecule has 0 saturated heterocycles. The summed E-state index contributed by atoms with van der Waals surface area (Å²) in [4.78, 5) is 3.57. The minimum Gasteiger partial charge on any atom is -0.241 e. The Hall–Kier alpha value is -1.86. The summed E-state index contributed by atoms with van der Waals surface area (Å²) < 4.78 is 53.1. The zero-order valence-corrected chi connectivity index (χ0v) is 12.3. The second-order valence-electron chi connectivity index (χ2n) is 4.51. The van der Waals surface area contributed by atoms with Crippen LogP contribution in [0, 0.1) is 11.6 Å². The van der Waals surface area contributed by atoms with Crippen LogP contribution in [0.1, 0.15) is 18.5 Å². The molecule has 0 spiro atoms. The van der Waals surface area contributed by atoms with Gasteiger partial charge in [-0.05, 0) is 25.1 Å². The third kappa shape index (κ3) is 2.93. The molecule has 0 fully saturated rings. The van der Waals surface area contributed by atoms with Gasteiger partial charge in [-0.2, -0.15) is 4.31 Å². The van der Waals surface area contributed by atoms with Crippen molar-refractivity contribution in [2.45, 2.75) is 18.0 Å². The van der Waals surface area contributed by atoms with Gasteiger partial charge in [0.1, 0.15) is 5.82 Å². The van der Waals surface area contributed by atoms with Gasteiger partial charge in [-0.15, -0.1) is 0 Å². The highest BCUT2D eigenvalue weighted by molar-refractivity contribution is 7.89. The highest BCUT2D eigenvalue weighted by Crippen LogP contribution is 2.27. The van der Waals surface area contributed by atoms with E-state index >= 15 is 0 Å². The van der Waals surface area contributed by atoms with Crippen LogP contribution < -0.4 is 0 Å². The molecule has 0 aliphatic rings. The highest BCUT2D eigenvalue weighted by atomic mass is 32.2. The molecule has 0 amide bonds. The molecule has 0 radical (unpaired) electrons. The second kappa shape index (κ2) is 5.87. The van der Waals surface area contributed by atoms with Crippen LogP contribution in [0.2, 0.25) is 0 Å². The SMILES string of the molecule is CC(c1ccccc1F)N(C)S(=O)(=O)c1ncccc1F. The Morgan fingerprint density at radius 3 is 2.33 bits per heavy atom. The van der Waals surface area contributed by atoms with Gasteiger partial charge in [-0.3, -0.25) is 0 Å². The third-order valence-electron chi connectivity index (χ3n) is 3.25. The molecule has 112 valence electrons. The third-order valence-corrected chi connectivity index (χ3v) is 5.11. The number of benzene rings is 1. The van der Waals surface area contributed by atoms with Gasteiger partial charge in [0.15, 0.2) is 5.82 Å². The first-order valence-corrected chi connectivity index (χ1v) is 7.62. The van der Waals surface area contributed by atoms with Crippen LogP contribution in [0.5, 0.6) is 0 Å². The monoisotopic (exact) mass is 312 g/mol. The van der Waals surface area contributed by atoms with Gasteiger partial charge in [0, 0.05) is 24.8 Å². The number of sulfonamides is 1. The zero-order chi connectivity index (χ0) is 15.6. The fourth-order valence-corrected chi connectivity index (χ4v) is 3.23. The minimum atomic E-state index is -4.15. The van der Waals surface area contributed by atoms with E-state index in [0.717, 1.165) is 10.4 Å². The van der Waals surface area contributed by atoms with Gasteiger partial charge in [0.05, 0.1) is 0 Å². The number of pyridine rings is 1. The molecule has 1 aromatic carbocycles. The first kappa shape index (κ1) is 15.5. The molecule has 2 aromatic rings. The molecule has 1 unspecified atom stereocenters. The van der Waals surface area contributed by atoms with E-state index in [1.165, 1.54) is 44.4 Å². The maximum Gasteiger partial charge on any atom is 0.263 e. The molecule has 1 atom stereocenters. The summed E-state index contributed by atoms with van der Waals surface area (Å²) in [5.41, 5.74) is 0.208. The molecule has 0 N–H and O–H groups in total. The summed E-state index contributed by atoms with van der Waals surface area (Å²) in [5, 5.41) is -0.671. The van der Waals surface area contributed by atoms with Gasteiger partial charge >= 0.3 is 0 Å². The Bertz CT molecular complexity index is 750. The summed E-state index contributed by atoms with van der Waals surface area (Å²) in [6.07, 6.45) is 1.19. The molecule has 0 aliphatic carbocycles. The van der Waals surface area contributed by atoms with Crippen LogP contribution in [-0.2, 0) is 10.0 Å². The van der Waals surface area contributed by atoms with Crippen molar-refractivity contribution in [2.75, 3.05) is 7.05 Å². The van der Waals surface area contributed by atoms with Crippen molar-refractivity contribution in [1.82, 2.24) is 9.29 Å². The number of rotatable bonds is 4. The summed E-state index contributed by atoms with van der Waals surface area (Å²) in [6.45, 7) is 1.52. The second-order valence-corrected chi connectivity index (χ2v) is 6.42.